The van der Waals surface area contributed by atoms with Crippen LogP contribution < -0.4 is 10.2 Å². The third kappa shape index (κ3) is 3.25. The molecule has 2 aromatic carbocycles. The number of anilines is 2. The fourth-order valence-electron chi connectivity index (χ4n) is 3.32. The van der Waals surface area contributed by atoms with Gasteiger partial charge in [-0.1, -0.05) is 50.2 Å². The normalized spacial score (nSPS) is 13.6. The van der Waals surface area contributed by atoms with Crippen LogP contribution in [0.1, 0.15) is 37.0 Å². The van der Waals surface area contributed by atoms with Gasteiger partial charge in [-0.25, -0.2) is 0 Å². The van der Waals surface area contributed by atoms with E-state index in [2.05, 4.69) is 66.5 Å². The third-order valence-corrected chi connectivity index (χ3v) is 4.91. The zero-order valence-electron chi connectivity index (χ0n) is 13.9. The van der Waals surface area contributed by atoms with Gasteiger partial charge in [0.15, 0.2) is 5.11 Å². The number of rotatable bonds is 3. The fraction of sp³-hybridized carbons (Fsp3) is 0.350. The van der Waals surface area contributed by atoms with Crippen LogP contribution in [0.15, 0.2) is 42.5 Å². The Morgan fingerprint density at radius 1 is 1.04 bits per heavy atom. The highest BCUT2D eigenvalue weighted by atomic mass is 32.1. The van der Waals surface area contributed by atoms with E-state index in [1.807, 2.05) is 0 Å². The van der Waals surface area contributed by atoms with Crippen LogP contribution in [-0.2, 0) is 19.3 Å². The Balaban J connectivity index is 1.89. The van der Waals surface area contributed by atoms with Gasteiger partial charge in [0.2, 0.25) is 0 Å². The van der Waals surface area contributed by atoms with Crippen molar-refractivity contribution in [3.63, 3.8) is 0 Å². The van der Waals surface area contributed by atoms with Crippen molar-refractivity contribution in [3.8, 4) is 0 Å². The molecule has 3 heteroatoms. The molecule has 0 unspecified atom stereocenters. The summed E-state index contributed by atoms with van der Waals surface area (Å²) < 4.78 is 0. The second-order valence-electron chi connectivity index (χ2n) is 5.97. The van der Waals surface area contributed by atoms with Crippen LogP contribution in [0.5, 0.6) is 0 Å². The number of nitrogens with one attached hydrogen (secondary N) is 1. The van der Waals surface area contributed by atoms with Crippen molar-refractivity contribution >= 4 is 28.7 Å². The summed E-state index contributed by atoms with van der Waals surface area (Å²) in [6.07, 6.45) is 4.31. The molecule has 0 radical (unpaired) electrons. The van der Waals surface area contributed by atoms with Gasteiger partial charge in [0.05, 0.1) is 0 Å². The summed E-state index contributed by atoms with van der Waals surface area (Å²) in [5, 5.41) is 4.36. The zero-order chi connectivity index (χ0) is 16.2. The van der Waals surface area contributed by atoms with Crippen molar-refractivity contribution in [1.82, 2.24) is 0 Å². The third-order valence-electron chi connectivity index (χ3n) is 4.59. The van der Waals surface area contributed by atoms with Crippen LogP contribution in [0.3, 0.4) is 0 Å². The molecule has 1 aliphatic rings. The number of para-hydroxylation sites is 2. The summed E-state index contributed by atoms with van der Waals surface area (Å²) in [7, 11) is 0. The maximum absolute atomic E-state index is 5.76. The summed E-state index contributed by atoms with van der Waals surface area (Å²) in [4.78, 5) is 2.25. The number of benzene rings is 2. The van der Waals surface area contributed by atoms with Crippen LogP contribution in [0, 0.1) is 0 Å². The highest BCUT2D eigenvalue weighted by molar-refractivity contribution is 7.80. The van der Waals surface area contributed by atoms with E-state index in [1.165, 1.54) is 28.1 Å². The van der Waals surface area contributed by atoms with E-state index >= 15 is 0 Å². The summed E-state index contributed by atoms with van der Waals surface area (Å²) in [6.45, 7) is 5.37. The molecule has 0 atom stereocenters. The molecule has 2 aromatic rings. The Kier molecular flexibility index (Phi) is 4.97. The van der Waals surface area contributed by atoms with Gasteiger partial charge >= 0.3 is 0 Å². The lowest BCUT2D eigenvalue weighted by Gasteiger charge is -2.32. The predicted octanol–water partition coefficient (Wildman–Crippen LogP) is 4.96. The molecule has 0 aromatic heterocycles. The molecule has 3 rings (SSSR count). The van der Waals surface area contributed by atoms with Crippen molar-refractivity contribution < 1.29 is 0 Å². The molecule has 23 heavy (non-hydrogen) atoms. The number of thiocarbonyl (C=S) groups is 1. The van der Waals surface area contributed by atoms with Gasteiger partial charge in [-0.3, -0.25) is 0 Å². The van der Waals surface area contributed by atoms with E-state index in [-0.39, 0.29) is 0 Å². The Labute approximate surface area is 144 Å². The maximum Gasteiger partial charge on any atom is 0.177 e. The van der Waals surface area contributed by atoms with Gasteiger partial charge < -0.3 is 10.2 Å². The Hall–Kier alpha value is -1.87. The van der Waals surface area contributed by atoms with Gasteiger partial charge in [0, 0.05) is 17.9 Å². The van der Waals surface area contributed by atoms with E-state index in [0.29, 0.717) is 0 Å². The molecule has 0 spiro atoms. The van der Waals surface area contributed by atoms with E-state index in [9.17, 15) is 0 Å². The van der Waals surface area contributed by atoms with E-state index in [4.69, 9.17) is 12.2 Å². The molecule has 1 N–H and O–H groups in total. The molecule has 0 aliphatic carbocycles. The molecule has 1 heterocycles. The second kappa shape index (κ2) is 7.14. The Morgan fingerprint density at radius 2 is 1.74 bits per heavy atom. The van der Waals surface area contributed by atoms with Crippen LogP contribution in [0.2, 0.25) is 0 Å². The Bertz CT molecular complexity index is 686. The quantitative estimate of drug-likeness (QED) is 0.803. The van der Waals surface area contributed by atoms with Crippen LogP contribution in [-0.4, -0.2) is 11.7 Å². The van der Waals surface area contributed by atoms with Gasteiger partial charge in [-0.15, -0.1) is 0 Å². The van der Waals surface area contributed by atoms with Crippen molar-refractivity contribution in [3.05, 3.63) is 59.2 Å². The Morgan fingerprint density at radius 3 is 2.43 bits per heavy atom. The molecular weight excluding hydrogens is 300 g/mol. The zero-order valence-corrected chi connectivity index (χ0v) is 14.7. The smallest absolute Gasteiger partial charge is 0.177 e. The summed E-state index contributed by atoms with van der Waals surface area (Å²) in [5.74, 6) is 0. The lowest BCUT2D eigenvalue weighted by Crippen LogP contribution is -2.38. The first kappa shape index (κ1) is 16.0. The second-order valence-corrected chi connectivity index (χ2v) is 6.36. The molecule has 0 amide bonds. The van der Waals surface area contributed by atoms with E-state index in [0.717, 1.165) is 37.3 Å². The van der Waals surface area contributed by atoms with E-state index in [1.54, 1.807) is 0 Å². The van der Waals surface area contributed by atoms with E-state index < -0.39 is 0 Å². The van der Waals surface area contributed by atoms with Gasteiger partial charge in [0.25, 0.3) is 0 Å². The van der Waals surface area contributed by atoms with Crippen molar-refractivity contribution in [2.45, 2.75) is 39.5 Å². The first-order chi connectivity index (χ1) is 11.2. The first-order valence-electron chi connectivity index (χ1n) is 8.51. The number of hydrogen-bond donors (Lipinski definition) is 1. The number of fused-ring (bicyclic) bond motifs is 1. The number of hydrogen-bond acceptors (Lipinski definition) is 1. The summed E-state index contributed by atoms with van der Waals surface area (Å²) in [5.41, 5.74) is 6.50. The van der Waals surface area contributed by atoms with Crippen LogP contribution in [0.25, 0.3) is 0 Å². The monoisotopic (exact) mass is 324 g/mol. The molecule has 0 saturated carbocycles. The first-order valence-corrected chi connectivity index (χ1v) is 8.92. The van der Waals surface area contributed by atoms with Gasteiger partial charge in [-0.05, 0) is 60.7 Å². The van der Waals surface area contributed by atoms with Crippen molar-refractivity contribution in [1.29, 1.82) is 0 Å². The van der Waals surface area contributed by atoms with Gasteiger partial charge in [0.1, 0.15) is 0 Å². The molecule has 120 valence electrons. The standard InChI is InChI=1S/C20H24N2S/c1-3-15-10-7-11-16(4-2)19(15)21-20(23)22-14-8-12-17-9-5-6-13-18(17)22/h5-7,9-11,13H,3-4,8,12,14H2,1-2H3,(H,21,23). The topological polar surface area (TPSA) is 15.3 Å². The van der Waals surface area contributed by atoms with Gasteiger partial charge in [-0.2, -0.15) is 0 Å². The molecule has 1 aliphatic heterocycles. The lowest BCUT2D eigenvalue weighted by molar-refractivity contribution is 0.780. The number of nitrogens with zero attached hydrogens (tertiary/aromatic N) is 1. The SMILES string of the molecule is CCc1cccc(CC)c1NC(=S)N1CCCc2ccccc21. The molecule has 0 saturated heterocycles. The largest absolute Gasteiger partial charge is 0.332 e. The predicted molar refractivity (Wildman–Crippen MR) is 104 cm³/mol. The minimum atomic E-state index is 0.813. The van der Waals surface area contributed by atoms with Crippen molar-refractivity contribution in [2.24, 2.45) is 0 Å². The summed E-state index contributed by atoms with van der Waals surface area (Å²) >= 11 is 5.76. The molecule has 0 fully saturated rings. The van der Waals surface area contributed by atoms with Crippen LogP contribution in [0.4, 0.5) is 11.4 Å². The summed E-state index contributed by atoms with van der Waals surface area (Å²) in [6, 6.07) is 15.1. The minimum absolute atomic E-state index is 0.813. The van der Waals surface area contributed by atoms with Crippen molar-refractivity contribution in [2.75, 3.05) is 16.8 Å². The fourth-order valence-corrected chi connectivity index (χ4v) is 3.61. The average molecular weight is 324 g/mol. The maximum atomic E-state index is 5.76. The molecule has 2 nitrogen and oxygen atoms in total. The molecule has 0 bridgehead atoms. The highest BCUT2D eigenvalue weighted by Gasteiger charge is 2.20. The lowest BCUT2D eigenvalue weighted by atomic mass is 10.0. The van der Waals surface area contributed by atoms with Crippen LogP contribution >= 0.6 is 12.2 Å². The average Bonchev–Trinajstić information content (AvgIpc) is 2.61. The molecular formula is C20H24N2S. The number of aryl methyl sites for hydroxylation is 3. The minimum Gasteiger partial charge on any atom is -0.332 e. The highest BCUT2D eigenvalue weighted by Crippen LogP contribution is 2.29.